The van der Waals surface area contributed by atoms with E-state index in [4.69, 9.17) is 25.3 Å². The number of benzene rings is 2. The van der Waals surface area contributed by atoms with Gasteiger partial charge in [-0.15, -0.1) is 0 Å². The van der Waals surface area contributed by atoms with Crippen molar-refractivity contribution in [2.75, 3.05) is 0 Å². The second-order valence-corrected chi connectivity index (χ2v) is 10.1. The molecule has 23 heavy (non-hydrogen) atoms. The van der Waals surface area contributed by atoms with Crippen molar-refractivity contribution in [1.29, 1.82) is 0 Å². The van der Waals surface area contributed by atoms with Gasteiger partial charge >= 0.3 is 5.69 Å². The highest BCUT2D eigenvalue weighted by Gasteiger charge is 2.33. The van der Waals surface area contributed by atoms with Gasteiger partial charge < -0.3 is 18.6 Å². The van der Waals surface area contributed by atoms with Crippen LogP contribution < -0.4 is 14.5 Å². The summed E-state index contributed by atoms with van der Waals surface area (Å²) in [5.41, 5.74) is -2.23. The maximum Gasteiger partial charge on any atom is 0.345 e. The van der Waals surface area contributed by atoms with Crippen LogP contribution in [0.2, 0.25) is 0 Å². The van der Waals surface area contributed by atoms with E-state index in [1.807, 2.05) is 30.3 Å². The largest absolute Gasteiger partial charge is 0.504 e. The van der Waals surface area contributed by atoms with E-state index >= 15 is 0 Å². The molecule has 1 N–H and O–H groups in total. The first-order chi connectivity index (χ1) is 10.9. The second-order valence-electron chi connectivity index (χ2n) is 4.92. The summed E-state index contributed by atoms with van der Waals surface area (Å²) in [5, 5.41) is 10.3. The molecule has 0 aliphatic carbocycles. The van der Waals surface area contributed by atoms with Crippen LogP contribution in [0.1, 0.15) is 0 Å². The molecule has 1 unspecified atom stereocenters. The van der Waals surface area contributed by atoms with Crippen LogP contribution in [0.4, 0.5) is 0 Å². The van der Waals surface area contributed by atoms with E-state index in [1.165, 1.54) is 12.1 Å². The molecule has 116 valence electrons. The number of hydrogen-bond acceptors (Lipinski definition) is 6. The average Bonchev–Trinajstić information content (AvgIpc) is 2.82. The number of thiol groups is 1. The van der Waals surface area contributed by atoms with Gasteiger partial charge in [-0.3, -0.25) is 4.79 Å². The van der Waals surface area contributed by atoms with Crippen LogP contribution in [-0.4, -0.2) is 5.11 Å². The maximum atomic E-state index is 12.4. The van der Waals surface area contributed by atoms with Crippen LogP contribution in [0.3, 0.4) is 0 Å². The SMILES string of the molecule is O=c1cc(-c2ccccc2)oc2cc3c(c(O)c12)OP(=S)(S)O3. The summed E-state index contributed by atoms with van der Waals surface area (Å²) in [4.78, 5) is 12.4. The number of hydrogen-bond donors (Lipinski definition) is 2. The molecule has 0 fully saturated rings. The Labute approximate surface area is 140 Å². The quantitative estimate of drug-likeness (QED) is 0.501. The first kappa shape index (κ1) is 14.6. The van der Waals surface area contributed by atoms with Gasteiger partial charge in [-0.2, -0.15) is 0 Å². The molecule has 0 bridgehead atoms. The Morgan fingerprint density at radius 2 is 1.87 bits per heavy atom. The zero-order chi connectivity index (χ0) is 16.2. The molecule has 0 saturated carbocycles. The van der Waals surface area contributed by atoms with Crippen molar-refractivity contribution in [2.45, 2.75) is 0 Å². The fourth-order valence-electron chi connectivity index (χ4n) is 2.42. The Morgan fingerprint density at radius 3 is 2.61 bits per heavy atom. The van der Waals surface area contributed by atoms with Crippen LogP contribution in [-0.2, 0) is 11.8 Å². The van der Waals surface area contributed by atoms with E-state index < -0.39 is 5.69 Å². The van der Waals surface area contributed by atoms with Gasteiger partial charge in [-0.05, 0) is 11.8 Å². The smallest absolute Gasteiger partial charge is 0.345 e. The van der Waals surface area contributed by atoms with E-state index in [9.17, 15) is 9.90 Å². The molecule has 2 aromatic carbocycles. The minimum atomic E-state index is -2.80. The summed E-state index contributed by atoms with van der Waals surface area (Å²) in [6.07, 6.45) is 0. The van der Waals surface area contributed by atoms with Gasteiger partial charge in [0.25, 0.3) is 0 Å². The third-order valence-corrected chi connectivity index (χ3v) is 5.17. The molecule has 1 aliphatic rings. The van der Waals surface area contributed by atoms with Crippen molar-refractivity contribution in [2.24, 2.45) is 0 Å². The monoisotopic (exact) mass is 364 g/mol. The Morgan fingerprint density at radius 1 is 1.13 bits per heavy atom. The normalized spacial score (nSPS) is 19.2. The number of aromatic hydroxyl groups is 1. The van der Waals surface area contributed by atoms with Gasteiger partial charge in [-0.1, -0.05) is 42.6 Å². The molecule has 8 heteroatoms. The topological polar surface area (TPSA) is 68.9 Å². The molecule has 1 atom stereocenters. The number of phenols is 1. The molecule has 0 radical (unpaired) electrons. The summed E-state index contributed by atoms with van der Waals surface area (Å²) >= 11 is 9.17. The lowest BCUT2D eigenvalue weighted by Gasteiger charge is -2.06. The van der Waals surface area contributed by atoms with Gasteiger partial charge in [0, 0.05) is 17.7 Å². The molecule has 0 amide bonds. The van der Waals surface area contributed by atoms with E-state index in [-0.39, 0.29) is 33.6 Å². The zero-order valence-electron chi connectivity index (χ0n) is 11.4. The van der Waals surface area contributed by atoms with Crippen molar-refractivity contribution in [3.63, 3.8) is 0 Å². The molecular formula is C15H9O5PS2. The van der Waals surface area contributed by atoms with Gasteiger partial charge in [0.1, 0.15) is 16.7 Å². The third-order valence-electron chi connectivity index (χ3n) is 3.39. The molecule has 0 spiro atoms. The Hall–Kier alpha value is -1.95. The van der Waals surface area contributed by atoms with Crippen LogP contribution in [0.15, 0.2) is 51.7 Å². The summed E-state index contributed by atoms with van der Waals surface area (Å²) in [6.45, 7) is 0. The first-order valence-electron chi connectivity index (χ1n) is 6.56. The molecule has 2 heterocycles. The molecule has 1 aliphatic heterocycles. The average molecular weight is 364 g/mol. The number of rotatable bonds is 1. The lowest BCUT2D eigenvalue weighted by atomic mass is 10.1. The predicted octanol–water partition coefficient (Wildman–Crippen LogP) is 4.09. The van der Waals surface area contributed by atoms with Crippen molar-refractivity contribution < 1.29 is 18.6 Å². The summed E-state index contributed by atoms with van der Waals surface area (Å²) in [5.74, 6) is 0.315. The van der Waals surface area contributed by atoms with Crippen molar-refractivity contribution in [3.8, 4) is 28.6 Å². The lowest BCUT2D eigenvalue weighted by molar-refractivity contribution is 0.455. The molecule has 4 rings (SSSR count). The van der Waals surface area contributed by atoms with Gasteiger partial charge in [0.15, 0.2) is 16.9 Å². The predicted molar refractivity (Wildman–Crippen MR) is 94.1 cm³/mol. The molecule has 3 aromatic rings. The number of fused-ring (bicyclic) bond motifs is 2. The number of phenolic OH excluding ortho intramolecular Hbond substituents is 1. The third kappa shape index (κ3) is 2.41. The van der Waals surface area contributed by atoms with Gasteiger partial charge in [0.2, 0.25) is 5.75 Å². The van der Waals surface area contributed by atoms with Crippen molar-refractivity contribution in [3.05, 3.63) is 52.7 Å². The minimum absolute atomic E-state index is 0.0252. The Kier molecular flexibility index (Phi) is 3.20. The highest BCUT2D eigenvalue weighted by atomic mass is 32.9. The molecule has 0 saturated heterocycles. The standard InChI is InChI=1S/C15H9O5PS2/c16-9-6-10(8-4-2-1-3-5-8)18-11-7-12-15(14(17)13(9)11)20-21(22,23)19-12/h1-7,17H,(H,22,23). The van der Waals surface area contributed by atoms with Crippen molar-refractivity contribution >= 4 is 40.7 Å². The van der Waals surface area contributed by atoms with Gasteiger partial charge in [0.05, 0.1) is 0 Å². The Balaban J connectivity index is 2.01. The molecule has 1 aromatic heterocycles. The van der Waals surface area contributed by atoms with E-state index in [0.717, 1.165) is 5.56 Å². The maximum absolute atomic E-state index is 12.4. The fraction of sp³-hybridized carbons (Fsp3) is 0. The highest BCUT2D eigenvalue weighted by Crippen LogP contribution is 2.64. The van der Waals surface area contributed by atoms with Crippen LogP contribution in [0.25, 0.3) is 22.3 Å². The van der Waals surface area contributed by atoms with Gasteiger partial charge in [-0.25, -0.2) is 0 Å². The van der Waals surface area contributed by atoms with Crippen molar-refractivity contribution in [1.82, 2.24) is 0 Å². The van der Waals surface area contributed by atoms with E-state index in [0.29, 0.717) is 5.76 Å². The zero-order valence-corrected chi connectivity index (χ0v) is 14.0. The second kappa shape index (κ2) is 5.03. The lowest BCUT2D eigenvalue weighted by Crippen LogP contribution is -2.01. The highest BCUT2D eigenvalue weighted by molar-refractivity contribution is 8.60. The van der Waals surface area contributed by atoms with E-state index in [2.05, 4.69) is 12.2 Å². The molecular weight excluding hydrogens is 355 g/mol. The van der Waals surface area contributed by atoms with Crippen LogP contribution in [0, 0.1) is 0 Å². The Bertz CT molecular complexity index is 1050. The van der Waals surface area contributed by atoms with E-state index in [1.54, 1.807) is 0 Å². The fourth-order valence-corrected chi connectivity index (χ4v) is 4.22. The summed E-state index contributed by atoms with van der Waals surface area (Å²) in [7, 11) is 0. The van der Waals surface area contributed by atoms with Crippen LogP contribution >= 0.6 is 17.9 Å². The van der Waals surface area contributed by atoms with Crippen LogP contribution in [0.5, 0.6) is 17.2 Å². The minimum Gasteiger partial charge on any atom is -0.504 e. The molecule has 5 nitrogen and oxygen atoms in total. The first-order valence-corrected chi connectivity index (χ1v) is 10.3. The summed E-state index contributed by atoms with van der Waals surface area (Å²) < 4.78 is 16.5. The summed E-state index contributed by atoms with van der Waals surface area (Å²) in [6, 6.07) is 12.0.